The Labute approximate surface area is 125 Å². The summed E-state index contributed by atoms with van der Waals surface area (Å²) >= 11 is 6.18. The van der Waals surface area contributed by atoms with Gasteiger partial charge in [-0.1, -0.05) is 60.1 Å². The molecule has 2 atom stereocenters. The topological polar surface area (TPSA) is 32.3 Å². The molecule has 0 amide bonds. The maximum Gasteiger partial charge on any atom is 0.0992 e. The van der Waals surface area contributed by atoms with Crippen LogP contribution in [0, 0.1) is 0 Å². The van der Waals surface area contributed by atoms with E-state index in [4.69, 9.17) is 11.6 Å². The molecule has 3 heteroatoms. The van der Waals surface area contributed by atoms with E-state index in [0.29, 0.717) is 6.54 Å². The first-order valence-electron chi connectivity index (χ1n) is 6.76. The molecule has 106 valence electrons. The van der Waals surface area contributed by atoms with Crippen LogP contribution < -0.4 is 5.32 Å². The molecule has 0 radical (unpaired) electrons. The normalized spacial score (nSPS) is 15.6. The highest BCUT2D eigenvalue weighted by atomic mass is 35.5. The summed E-state index contributed by atoms with van der Waals surface area (Å²) in [7, 11) is 0. The molecule has 2 aromatic carbocycles. The molecule has 0 heterocycles. The summed E-state index contributed by atoms with van der Waals surface area (Å²) in [5, 5.41) is 14.6. The van der Waals surface area contributed by atoms with Crippen LogP contribution in [-0.4, -0.2) is 11.7 Å². The van der Waals surface area contributed by atoms with Gasteiger partial charge in [0.1, 0.15) is 0 Å². The third-order valence-electron chi connectivity index (χ3n) is 3.52. The van der Waals surface area contributed by atoms with Crippen LogP contribution in [0.2, 0.25) is 5.02 Å². The summed E-state index contributed by atoms with van der Waals surface area (Å²) in [5.74, 6) is 0. The smallest absolute Gasteiger partial charge is 0.0992 e. The Morgan fingerprint density at radius 3 is 2.35 bits per heavy atom. The van der Waals surface area contributed by atoms with E-state index in [1.165, 1.54) is 0 Å². The highest BCUT2D eigenvalue weighted by Crippen LogP contribution is 2.24. The van der Waals surface area contributed by atoms with Gasteiger partial charge in [-0.2, -0.15) is 0 Å². The monoisotopic (exact) mass is 289 g/mol. The van der Waals surface area contributed by atoms with Crippen molar-refractivity contribution in [1.82, 2.24) is 5.32 Å². The van der Waals surface area contributed by atoms with Crippen LogP contribution in [0.3, 0.4) is 0 Å². The third kappa shape index (κ3) is 3.60. The summed E-state index contributed by atoms with van der Waals surface area (Å²) in [6, 6.07) is 17.5. The molecule has 0 aliphatic heterocycles. The molecule has 0 saturated carbocycles. The van der Waals surface area contributed by atoms with Crippen molar-refractivity contribution in [3.8, 4) is 0 Å². The Morgan fingerprint density at radius 1 is 1.10 bits per heavy atom. The van der Waals surface area contributed by atoms with Crippen molar-refractivity contribution in [1.29, 1.82) is 0 Å². The Hall–Kier alpha value is -1.35. The van der Waals surface area contributed by atoms with Gasteiger partial charge in [-0.05, 0) is 31.0 Å². The molecule has 0 fully saturated rings. The minimum absolute atomic E-state index is 0.0823. The lowest BCUT2D eigenvalue weighted by molar-refractivity contribution is 0.0543. The minimum Gasteiger partial charge on any atom is -0.384 e. The van der Waals surface area contributed by atoms with Gasteiger partial charge in [-0.3, -0.25) is 0 Å². The van der Waals surface area contributed by atoms with E-state index in [1.807, 2.05) is 68.4 Å². The van der Waals surface area contributed by atoms with Gasteiger partial charge in [0.05, 0.1) is 5.60 Å². The van der Waals surface area contributed by atoms with Crippen LogP contribution in [-0.2, 0) is 5.60 Å². The first-order valence-corrected chi connectivity index (χ1v) is 7.14. The SMILES string of the molecule is CC(NCC(C)(O)c1ccccc1)c1ccccc1Cl. The zero-order valence-electron chi connectivity index (χ0n) is 11.8. The van der Waals surface area contributed by atoms with Crippen molar-refractivity contribution < 1.29 is 5.11 Å². The Bertz CT molecular complexity index is 554. The summed E-state index contributed by atoms with van der Waals surface area (Å²) < 4.78 is 0. The van der Waals surface area contributed by atoms with Gasteiger partial charge in [0, 0.05) is 17.6 Å². The summed E-state index contributed by atoms with van der Waals surface area (Å²) in [5.41, 5.74) is 1.04. The van der Waals surface area contributed by atoms with Crippen molar-refractivity contribution in [3.63, 3.8) is 0 Å². The molecule has 20 heavy (non-hydrogen) atoms. The molecule has 2 unspecified atom stereocenters. The fraction of sp³-hybridized carbons (Fsp3) is 0.294. The number of aliphatic hydroxyl groups is 1. The molecule has 0 bridgehead atoms. The number of benzene rings is 2. The Balaban J connectivity index is 2.03. The van der Waals surface area contributed by atoms with Crippen molar-refractivity contribution in [2.45, 2.75) is 25.5 Å². The zero-order valence-corrected chi connectivity index (χ0v) is 12.6. The number of hydrogen-bond donors (Lipinski definition) is 2. The van der Waals surface area contributed by atoms with Crippen molar-refractivity contribution in [2.75, 3.05) is 6.54 Å². The molecule has 0 saturated heterocycles. The molecule has 0 aliphatic carbocycles. The maximum atomic E-state index is 10.6. The molecule has 0 aromatic heterocycles. The largest absolute Gasteiger partial charge is 0.384 e. The fourth-order valence-electron chi connectivity index (χ4n) is 2.19. The average Bonchev–Trinajstić information content (AvgIpc) is 2.46. The van der Waals surface area contributed by atoms with Crippen LogP contribution in [0.1, 0.15) is 31.0 Å². The van der Waals surface area contributed by atoms with E-state index in [2.05, 4.69) is 5.32 Å². The molecule has 0 spiro atoms. The van der Waals surface area contributed by atoms with Gasteiger partial charge >= 0.3 is 0 Å². The van der Waals surface area contributed by atoms with Gasteiger partial charge < -0.3 is 10.4 Å². The Kier molecular flexibility index (Phi) is 4.81. The van der Waals surface area contributed by atoms with Crippen LogP contribution in [0.5, 0.6) is 0 Å². The maximum absolute atomic E-state index is 10.6. The fourth-order valence-corrected chi connectivity index (χ4v) is 2.49. The number of nitrogens with one attached hydrogen (secondary N) is 1. The lowest BCUT2D eigenvalue weighted by Gasteiger charge is -2.27. The van der Waals surface area contributed by atoms with Crippen LogP contribution in [0.15, 0.2) is 54.6 Å². The van der Waals surface area contributed by atoms with Gasteiger partial charge in [0.15, 0.2) is 0 Å². The second-order valence-corrected chi connectivity index (χ2v) is 5.67. The molecule has 2 rings (SSSR count). The highest BCUT2D eigenvalue weighted by Gasteiger charge is 2.23. The van der Waals surface area contributed by atoms with Crippen molar-refractivity contribution >= 4 is 11.6 Å². The van der Waals surface area contributed by atoms with Crippen molar-refractivity contribution in [3.05, 3.63) is 70.7 Å². The quantitative estimate of drug-likeness (QED) is 0.875. The van der Waals surface area contributed by atoms with Crippen molar-refractivity contribution in [2.24, 2.45) is 0 Å². The van der Waals surface area contributed by atoms with E-state index < -0.39 is 5.60 Å². The van der Waals surface area contributed by atoms with Gasteiger partial charge in [-0.25, -0.2) is 0 Å². The molecular formula is C17H20ClNO. The first kappa shape index (κ1) is 15.0. The number of hydrogen-bond acceptors (Lipinski definition) is 2. The minimum atomic E-state index is -0.906. The predicted octanol–water partition coefficient (Wildman–Crippen LogP) is 3.90. The average molecular weight is 290 g/mol. The number of halogens is 1. The van der Waals surface area contributed by atoms with Crippen LogP contribution in [0.4, 0.5) is 0 Å². The van der Waals surface area contributed by atoms with E-state index in [9.17, 15) is 5.11 Å². The molecular weight excluding hydrogens is 270 g/mol. The highest BCUT2D eigenvalue weighted by molar-refractivity contribution is 6.31. The van der Waals surface area contributed by atoms with Crippen LogP contribution >= 0.6 is 11.6 Å². The van der Waals surface area contributed by atoms with E-state index >= 15 is 0 Å². The van der Waals surface area contributed by atoms with E-state index in [1.54, 1.807) is 0 Å². The summed E-state index contributed by atoms with van der Waals surface area (Å²) in [6.07, 6.45) is 0. The second-order valence-electron chi connectivity index (χ2n) is 5.26. The van der Waals surface area contributed by atoms with E-state index in [0.717, 1.165) is 16.1 Å². The predicted molar refractivity (Wildman–Crippen MR) is 83.9 cm³/mol. The molecule has 2 N–H and O–H groups in total. The lowest BCUT2D eigenvalue weighted by Crippen LogP contribution is -2.36. The van der Waals surface area contributed by atoms with Gasteiger partial charge in [-0.15, -0.1) is 0 Å². The molecule has 2 aromatic rings. The number of rotatable bonds is 5. The third-order valence-corrected chi connectivity index (χ3v) is 3.86. The van der Waals surface area contributed by atoms with Gasteiger partial charge in [0.25, 0.3) is 0 Å². The first-order chi connectivity index (χ1) is 9.50. The van der Waals surface area contributed by atoms with Crippen LogP contribution in [0.25, 0.3) is 0 Å². The van der Waals surface area contributed by atoms with Gasteiger partial charge in [0.2, 0.25) is 0 Å². The summed E-state index contributed by atoms with van der Waals surface area (Å²) in [6.45, 7) is 4.32. The molecule has 0 aliphatic rings. The van der Waals surface area contributed by atoms with E-state index in [-0.39, 0.29) is 6.04 Å². The molecule has 2 nitrogen and oxygen atoms in total. The second kappa shape index (κ2) is 6.40. The lowest BCUT2D eigenvalue weighted by atomic mass is 9.95. The zero-order chi connectivity index (χ0) is 14.6. The Morgan fingerprint density at radius 2 is 1.70 bits per heavy atom. The standard InChI is InChI=1S/C17H20ClNO/c1-13(15-10-6-7-11-16(15)18)19-12-17(2,20)14-8-4-3-5-9-14/h3-11,13,19-20H,12H2,1-2H3. The summed E-state index contributed by atoms with van der Waals surface area (Å²) in [4.78, 5) is 0.